The molecule has 1 aromatic heterocycles. The fourth-order valence-electron chi connectivity index (χ4n) is 3.61. The lowest BCUT2D eigenvalue weighted by Gasteiger charge is -2.21. The third-order valence-electron chi connectivity index (χ3n) is 5.17. The van der Waals surface area contributed by atoms with Crippen molar-refractivity contribution in [2.24, 2.45) is 5.10 Å². The van der Waals surface area contributed by atoms with Gasteiger partial charge >= 0.3 is 0 Å². The van der Waals surface area contributed by atoms with Crippen LogP contribution < -0.4 is 10.5 Å². The Bertz CT molecular complexity index is 1120. The molecule has 5 nitrogen and oxygen atoms in total. The van der Waals surface area contributed by atoms with E-state index in [1.54, 1.807) is 12.3 Å². The van der Waals surface area contributed by atoms with Crippen LogP contribution in [-0.2, 0) is 5.41 Å². The van der Waals surface area contributed by atoms with Crippen LogP contribution in [0.4, 0.5) is 5.69 Å². The maximum atomic E-state index is 13.2. The number of nitrogens with zero attached hydrogens (tertiary/aromatic N) is 4. The highest BCUT2D eigenvalue weighted by atomic mass is 79.9. The Morgan fingerprint density at radius 1 is 1.07 bits per heavy atom. The van der Waals surface area contributed by atoms with Crippen molar-refractivity contribution in [2.75, 3.05) is 18.0 Å². The highest BCUT2D eigenvalue weighted by Crippen LogP contribution is 2.23. The van der Waals surface area contributed by atoms with Crippen LogP contribution in [-0.4, -0.2) is 29.0 Å². The molecule has 6 heteroatoms. The fraction of sp³-hybridized carbons (Fsp3) is 0.348. The maximum Gasteiger partial charge on any atom is 0.282 e. The molecule has 0 bridgehead atoms. The van der Waals surface area contributed by atoms with Crippen LogP contribution >= 0.6 is 15.9 Å². The van der Waals surface area contributed by atoms with Gasteiger partial charge in [-0.2, -0.15) is 9.78 Å². The second-order valence-electron chi connectivity index (χ2n) is 8.49. The van der Waals surface area contributed by atoms with Gasteiger partial charge in [-0.15, -0.1) is 0 Å². The highest BCUT2D eigenvalue weighted by Gasteiger charge is 2.22. The number of benzene rings is 2. The van der Waals surface area contributed by atoms with E-state index < -0.39 is 0 Å². The predicted molar refractivity (Wildman–Crippen MR) is 123 cm³/mol. The van der Waals surface area contributed by atoms with Crippen LogP contribution in [0.3, 0.4) is 0 Å². The Balaban J connectivity index is 1.74. The van der Waals surface area contributed by atoms with Gasteiger partial charge in [-0.3, -0.25) is 4.79 Å². The van der Waals surface area contributed by atoms with Crippen molar-refractivity contribution in [2.45, 2.75) is 39.0 Å². The average Bonchev–Trinajstić information content (AvgIpc) is 3.22. The van der Waals surface area contributed by atoms with Crippen LogP contribution in [0.2, 0.25) is 0 Å². The highest BCUT2D eigenvalue weighted by molar-refractivity contribution is 9.10. The number of hydrogen-bond donors (Lipinski definition) is 0. The van der Waals surface area contributed by atoms with Gasteiger partial charge in [-0.05, 0) is 48.7 Å². The van der Waals surface area contributed by atoms with Gasteiger partial charge in [0.15, 0.2) is 0 Å². The lowest BCUT2D eigenvalue weighted by atomic mass is 9.95. The van der Waals surface area contributed by atoms with Crippen molar-refractivity contribution in [1.82, 2.24) is 9.66 Å². The third-order valence-corrected chi connectivity index (χ3v) is 5.66. The number of hydrogen-bond acceptors (Lipinski definition) is 4. The van der Waals surface area contributed by atoms with Gasteiger partial charge in [-0.1, -0.05) is 48.8 Å². The van der Waals surface area contributed by atoms with E-state index in [4.69, 9.17) is 4.98 Å². The Kier molecular flexibility index (Phi) is 5.30. The molecule has 0 saturated carbocycles. The van der Waals surface area contributed by atoms with Crippen LogP contribution in [0, 0.1) is 0 Å². The van der Waals surface area contributed by atoms with Crippen LogP contribution in [0.5, 0.6) is 0 Å². The van der Waals surface area contributed by atoms with E-state index in [0.29, 0.717) is 16.7 Å². The summed E-state index contributed by atoms with van der Waals surface area (Å²) in [6, 6.07) is 13.9. The van der Waals surface area contributed by atoms with Gasteiger partial charge in [0.05, 0.1) is 17.1 Å². The van der Waals surface area contributed by atoms with Gasteiger partial charge < -0.3 is 4.90 Å². The molecule has 0 unspecified atom stereocenters. The summed E-state index contributed by atoms with van der Waals surface area (Å²) in [5.41, 5.74) is 2.39. The first-order valence-corrected chi connectivity index (χ1v) is 10.7. The summed E-state index contributed by atoms with van der Waals surface area (Å²) in [4.78, 5) is 20.3. The van der Waals surface area contributed by atoms with E-state index in [-0.39, 0.29) is 11.0 Å². The molecule has 4 rings (SSSR count). The van der Waals surface area contributed by atoms with Crippen molar-refractivity contribution in [3.05, 3.63) is 68.7 Å². The Hall–Kier alpha value is -2.47. The number of fused-ring (bicyclic) bond motifs is 1. The van der Waals surface area contributed by atoms with Crippen LogP contribution in [0.25, 0.3) is 10.9 Å². The monoisotopic (exact) mass is 452 g/mol. The van der Waals surface area contributed by atoms with E-state index in [0.717, 1.165) is 23.1 Å². The molecule has 0 spiro atoms. The van der Waals surface area contributed by atoms with Crippen molar-refractivity contribution >= 4 is 38.7 Å². The molecule has 3 aromatic rings. The molecule has 1 saturated heterocycles. The zero-order valence-electron chi connectivity index (χ0n) is 17.0. The zero-order chi connectivity index (χ0) is 20.6. The Morgan fingerprint density at radius 2 is 1.76 bits per heavy atom. The Labute approximate surface area is 179 Å². The van der Waals surface area contributed by atoms with Gasteiger partial charge in [0.1, 0.15) is 5.82 Å². The second kappa shape index (κ2) is 7.75. The standard InChI is InChI=1S/C23H25BrN4O/c1-23(2,3)22-26-20-11-8-17(24)14-19(20)21(29)28(22)25-15-16-6-9-18(10-7-16)27-12-4-5-13-27/h6-11,14-15H,4-5,12-13H2,1-3H3. The lowest BCUT2D eigenvalue weighted by Crippen LogP contribution is -2.29. The molecule has 29 heavy (non-hydrogen) atoms. The molecule has 2 aromatic carbocycles. The van der Waals surface area contributed by atoms with E-state index in [2.05, 4.69) is 38.1 Å². The predicted octanol–water partition coefficient (Wildman–Crippen LogP) is 4.94. The minimum Gasteiger partial charge on any atom is -0.372 e. The third kappa shape index (κ3) is 4.13. The smallest absolute Gasteiger partial charge is 0.282 e. The van der Waals surface area contributed by atoms with E-state index in [1.165, 1.54) is 23.2 Å². The molecule has 0 aliphatic carbocycles. The van der Waals surface area contributed by atoms with Gasteiger partial charge in [0.25, 0.3) is 5.56 Å². The van der Waals surface area contributed by atoms with Crippen molar-refractivity contribution in [1.29, 1.82) is 0 Å². The molecule has 150 valence electrons. The zero-order valence-corrected chi connectivity index (χ0v) is 18.6. The second-order valence-corrected chi connectivity index (χ2v) is 9.41. The quantitative estimate of drug-likeness (QED) is 0.528. The van der Waals surface area contributed by atoms with Crippen molar-refractivity contribution in [3.8, 4) is 0 Å². The molecule has 2 heterocycles. The summed E-state index contributed by atoms with van der Waals surface area (Å²) >= 11 is 3.44. The molecular weight excluding hydrogens is 428 g/mol. The van der Waals surface area contributed by atoms with Gasteiger partial charge in [0.2, 0.25) is 0 Å². The number of aromatic nitrogens is 2. The van der Waals surface area contributed by atoms with Crippen LogP contribution in [0.1, 0.15) is 45.0 Å². The van der Waals surface area contributed by atoms with Crippen molar-refractivity contribution in [3.63, 3.8) is 0 Å². The largest absolute Gasteiger partial charge is 0.372 e. The van der Waals surface area contributed by atoms with Gasteiger partial charge in [0, 0.05) is 28.7 Å². The molecule has 0 radical (unpaired) electrons. The van der Waals surface area contributed by atoms with Crippen LogP contribution in [0.15, 0.2) is 56.8 Å². The summed E-state index contributed by atoms with van der Waals surface area (Å²) in [6.45, 7) is 8.36. The lowest BCUT2D eigenvalue weighted by molar-refractivity contribution is 0.506. The summed E-state index contributed by atoms with van der Waals surface area (Å²) in [7, 11) is 0. The first kappa shape index (κ1) is 19.8. The molecular formula is C23H25BrN4O. The fourth-order valence-corrected chi connectivity index (χ4v) is 3.97. The summed E-state index contributed by atoms with van der Waals surface area (Å²) in [5.74, 6) is 0.641. The summed E-state index contributed by atoms with van der Waals surface area (Å²) < 4.78 is 2.28. The van der Waals surface area contributed by atoms with E-state index >= 15 is 0 Å². The Morgan fingerprint density at radius 3 is 2.41 bits per heavy atom. The van der Waals surface area contributed by atoms with E-state index in [1.807, 2.05) is 45.0 Å². The number of rotatable bonds is 3. The first-order valence-electron chi connectivity index (χ1n) is 9.95. The minimum absolute atomic E-state index is 0.161. The normalized spacial score (nSPS) is 15.0. The number of anilines is 1. The molecule has 0 N–H and O–H groups in total. The molecule has 1 aliphatic heterocycles. The molecule has 0 atom stereocenters. The topological polar surface area (TPSA) is 50.5 Å². The molecule has 1 fully saturated rings. The molecule has 0 amide bonds. The minimum atomic E-state index is -0.322. The summed E-state index contributed by atoms with van der Waals surface area (Å²) in [6.07, 6.45) is 4.25. The van der Waals surface area contributed by atoms with E-state index in [9.17, 15) is 4.79 Å². The summed E-state index contributed by atoms with van der Waals surface area (Å²) in [5, 5.41) is 5.09. The SMILES string of the molecule is CC(C)(C)c1nc2ccc(Br)cc2c(=O)n1N=Cc1ccc(N2CCCC2)cc1. The first-order chi connectivity index (χ1) is 13.8. The average molecular weight is 453 g/mol. The van der Waals surface area contributed by atoms with Gasteiger partial charge in [-0.25, -0.2) is 4.98 Å². The maximum absolute atomic E-state index is 13.2. The van der Waals surface area contributed by atoms with Crippen molar-refractivity contribution < 1.29 is 0 Å². The molecule has 1 aliphatic rings. The number of halogens is 1.